The molecule has 14 nitrogen and oxygen atoms in total. The Morgan fingerprint density at radius 1 is 0.883 bits per heavy atom. The Labute approximate surface area is 351 Å². The largest absolute Gasteiger partial charge is 0.372 e. The van der Waals surface area contributed by atoms with Gasteiger partial charge in [0, 0.05) is 13.0 Å². The number of Topliss-reactive ketones (excluding diaryl/α,β-unsaturated/α-hetero) is 1. The summed E-state index contributed by atoms with van der Waals surface area (Å²) >= 11 is 6.13. The van der Waals surface area contributed by atoms with Crippen molar-refractivity contribution >= 4 is 52.8 Å². The van der Waals surface area contributed by atoms with Gasteiger partial charge in [-0.25, -0.2) is 8.78 Å². The fourth-order valence-corrected chi connectivity index (χ4v) is 7.79. The molecule has 0 aromatic heterocycles. The van der Waals surface area contributed by atoms with Crippen molar-refractivity contribution < 1.29 is 47.1 Å². The lowest BCUT2D eigenvalue weighted by Gasteiger charge is -2.35. The number of rotatable bonds is 18. The number of primary amides is 1. The minimum atomic E-state index is -1.35. The third-order valence-corrected chi connectivity index (χ3v) is 11.0. The standard InChI is InChI=1S/C43H49ClF2N6O8/c1-2-12-33(38(54)42(58)48-22-35(53)50-36(39(47)55)26-15-8-4-9-16-26)49-41(57)34-19-28(60-24-25-13-6-3-7-14-25)23-52(34)43(59)37(27-17-10-5-11-18-27)51-40(56)29-20-31(45)32(46)21-30(29)44/h3-4,6-9,13-16,20-21,27-28,33-34,36-37H,2,5,10-12,17-19,22-24H2,1H3,(H2,47,55)(H,48,58)(H,49,57)(H,50,53)(H,51,56)/t28-,33?,34+,36-,37?/m1/s1. The molecular weight excluding hydrogens is 802 g/mol. The summed E-state index contributed by atoms with van der Waals surface area (Å²) in [6, 6.07) is 13.8. The minimum Gasteiger partial charge on any atom is -0.372 e. The third-order valence-electron chi connectivity index (χ3n) is 10.7. The van der Waals surface area contributed by atoms with E-state index in [-0.39, 0.29) is 42.5 Å². The summed E-state index contributed by atoms with van der Waals surface area (Å²) in [5.74, 6) is -9.04. The fourth-order valence-electron chi connectivity index (χ4n) is 7.55. The van der Waals surface area contributed by atoms with Crippen LogP contribution in [0.1, 0.15) is 85.8 Å². The molecule has 3 aromatic rings. The Bertz CT molecular complexity index is 2040. The molecule has 1 heterocycles. The Hall–Kier alpha value is -5.74. The SMILES string of the molecule is CCCC(NC(=O)[C@@H]1C[C@@H](OCc2ccccc2)CN1C(=O)C(NC(=O)c1cc(F)c(F)cc1Cl)C1CCCCC1)C(=O)C(=O)NCC(=O)N[C@@H](C(N)=O)c1ccccc1. The van der Waals surface area contributed by atoms with E-state index in [1.54, 1.807) is 37.3 Å². The molecule has 2 fully saturated rings. The number of amides is 6. The van der Waals surface area contributed by atoms with Crippen LogP contribution in [0.5, 0.6) is 0 Å². The van der Waals surface area contributed by atoms with Gasteiger partial charge < -0.3 is 36.6 Å². The number of nitrogens with one attached hydrogen (secondary N) is 4. The molecule has 1 aliphatic carbocycles. The molecule has 2 aliphatic rings. The van der Waals surface area contributed by atoms with Crippen LogP contribution in [0.3, 0.4) is 0 Å². The van der Waals surface area contributed by atoms with Gasteiger partial charge in [0.05, 0.1) is 35.9 Å². The van der Waals surface area contributed by atoms with Crippen molar-refractivity contribution in [1.29, 1.82) is 0 Å². The molecule has 1 saturated carbocycles. The number of hydrogen-bond donors (Lipinski definition) is 5. The smallest absolute Gasteiger partial charge is 0.290 e. The summed E-state index contributed by atoms with van der Waals surface area (Å²) in [4.78, 5) is 95.1. The van der Waals surface area contributed by atoms with Crippen LogP contribution in [0.4, 0.5) is 8.78 Å². The molecule has 320 valence electrons. The molecule has 0 radical (unpaired) electrons. The van der Waals surface area contributed by atoms with E-state index in [0.29, 0.717) is 37.0 Å². The summed E-state index contributed by atoms with van der Waals surface area (Å²) in [7, 11) is 0. The van der Waals surface area contributed by atoms with E-state index in [0.717, 1.165) is 24.8 Å². The highest BCUT2D eigenvalue weighted by Crippen LogP contribution is 2.31. The van der Waals surface area contributed by atoms with E-state index in [9.17, 15) is 42.3 Å². The van der Waals surface area contributed by atoms with E-state index in [4.69, 9.17) is 22.1 Å². The average Bonchev–Trinajstić information content (AvgIpc) is 3.69. The molecule has 0 bridgehead atoms. The quantitative estimate of drug-likeness (QED) is 0.0939. The van der Waals surface area contributed by atoms with Crippen LogP contribution in [0.15, 0.2) is 72.8 Å². The van der Waals surface area contributed by atoms with Gasteiger partial charge in [0.1, 0.15) is 18.1 Å². The zero-order chi connectivity index (χ0) is 43.3. The van der Waals surface area contributed by atoms with Gasteiger partial charge in [-0.1, -0.05) is 105 Å². The summed E-state index contributed by atoms with van der Waals surface area (Å²) in [5, 5.41) is 9.65. The summed E-state index contributed by atoms with van der Waals surface area (Å²) in [6.07, 6.45) is 3.33. The number of nitrogens with two attached hydrogens (primary N) is 1. The maximum atomic E-state index is 14.7. The second kappa shape index (κ2) is 21.5. The van der Waals surface area contributed by atoms with Gasteiger partial charge in [-0.2, -0.15) is 0 Å². The number of nitrogens with zero attached hydrogens (tertiary/aromatic N) is 1. The number of benzene rings is 3. The average molecular weight is 851 g/mol. The number of carbonyl (C=O) groups is 7. The first-order valence-corrected chi connectivity index (χ1v) is 20.3. The number of carbonyl (C=O) groups excluding carboxylic acids is 7. The van der Waals surface area contributed by atoms with Gasteiger partial charge in [-0.15, -0.1) is 0 Å². The highest BCUT2D eigenvalue weighted by Gasteiger charge is 2.45. The normalized spacial score (nSPS) is 18.1. The number of hydrogen-bond acceptors (Lipinski definition) is 8. The van der Waals surface area contributed by atoms with E-state index in [1.807, 2.05) is 30.3 Å². The molecule has 1 saturated heterocycles. The fraction of sp³-hybridized carbons (Fsp3) is 0.419. The molecule has 5 rings (SSSR count). The first-order valence-electron chi connectivity index (χ1n) is 19.9. The van der Waals surface area contributed by atoms with Crippen molar-refractivity contribution in [2.75, 3.05) is 13.1 Å². The van der Waals surface area contributed by atoms with Gasteiger partial charge in [0.25, 0.3) is 11.8 Å². The van der Waals surface area contributed by atoms with E-state index < -0.39 is 89.7 Å². The van der Waals surface area contributed by atoms with E-state index in [2.05, 4.69) is 21.3 Å². The molecule has 6 N–H and O–H groups in total. The number of halogens is 3. The van der Waals surface area contributed by atoms with Crippen LogP contribution in [0.2, 0.25) is 5.02 Å². The molecule has 6 amide bonds. The van der Waals surface area contributed by atoms with Crippen molar-refractivity contribution in [3.05, 3.63) is 106 Å². The highest BCUT2D eigenvalue weighted by molar-refractivity contribution is 6.38. The highest BCUT2D eigenvalue weighted by atomic mass is 35.5. The maximum absolute atomic E-state index is 14.7. The predicted molar refractivity (Wildman–Crippen MR) is 216 cm³/mol. The maximum Gasteiger partial charge on any atom is 0.290 e. The third kappa shape index (κ3) is 11.9. The van der Waals surface area contributed by atoms with Crippen molar-refractivity contribution in [3.63, 3.8) is 0 Å². The molecule has 0 spiro atoms. The number of ether oxygens (including phenoxy) is 1. The van der Waals surface area contributed by atoms with Crippen LogP contribution in [0.25, 0.3) is 0 Å². The van der Waals surface area contributed by atoms with Crippen molar-refractivity contribution in [3.8, 4) is 0 Å². The molecule has 3 aromatic carbocycles. The second-order valence-corrected chi connectivity index (χ2v) is 15.4. The summed E-state index contributed by atoms with van der Waals surface area (Å²) in [6.45, 7) is 1.16. The molecule has 5 atom stereocenters. The topological polar surface area (TPSA) is 206 Å². The first-order chi connectivity index (χ1) is 28.8. The monoisotopic (exact) mass is 850 g/mol. The molecule has 2 unspecified atom stereocenters. The van der Waals surface area contributed by atoms with E-state index >= 15 is 0 Å². The second-order valence-electron chi connectivity index (χ2n) is 15.0. The predicted octanol–water partition coefficient (Wildman–Crippen LogP) is 3.80. The first kappa shape index (κ1) is 45.3. The van der Waals surface area contributed by atoms with Crippen LogP contribution >= 0.6 is 11.6 Å². The van der Waals surface area contributed by atoms with Gasteiger partial charge in [0.15, 0.2) is 11.6 Å². The molecule has 60 heavy (non-hydrogen) atoms. The Balaban J connectivity index is 1.33. The molecule has 17 heteroatoms. The zero-order valence-electron chi connectivity index (χ0n) is 33.1. The van der Waals surface area contributed by atoms with Crippen molar-refractivity contribution in [1.82, 2.24) is 26.2 Å². The minimum absolute atomic E-state index is 0.00654. The molecule has 1 aliphatic heterocycles. The van der Waals surface area contributed by atoms with Crippen LogP contribution < -0.4 is 27.0 Å². The van der Waals surface area contributed by atoms with E-state index in [1.165, 1.54) is 4.90 Å². The van der Waals surface area contributed by atoms with Crippen LogP contribution in [-0.4, -0.2) is 83.4 Å². The van der Waals surface area contributed by atoms with Gasteiger partial charge in [-0.05, 0) is 48.4 Å². The van der Waals surface area contributed by atoms with Gasteiger partial charge >= 0.3 is 0 Å². The van der Waals surface area contributed by atoms with Crippen LogP contribution in [0, 0.1) is 17.6 Å². The lowest BCUT2D eigenvalue weighted by Crippen LogP contribution is -2.58. The van der Waals surface area contributed by atoms with Crippen molar-refractivity contribution in [2.24, 2.45) is 11.7 Å². The number of ketones is 1. The van der Waals surface area contributed by atoms with Crippen LogP contribution in [-0.2, 0) is 40.1 Å². The Morgan fingerprint density at radius 2 is 1.53 bits per heavy atom. The lowest BCUT2D eigenvalue weighted by atomic mass is 9.83. The van der Waals surface area contributed by atoms with Gasteiger partial charge in [-0.3, -0.25) is 33.6 Å². The molecular formula is C43H49ClF2N6O8. The van der Waals surface area contributed by atoms with Gasteiger partial charge in [0.2, 0.25) is 29.4 Å². The summed E-state index contributed by atoms with van der Waals surface area (Å²) < 4.78 is 34.3. The Kier molecular flexibility index (Phi) is 16.2. The number of likely N-dealkylation sites (tertiary alicyclic amines) is 1. The summed E-state index contributed by atoms with van der Waals surface area (Å²) in [5.41, 5.74) is 6.36. The Morgan fingerprint density at radius 3 is 2.18 bits per heavy atom. The zero-order valence-corrected chi connectivity index (χ0v) is 33.9. The van der Waals surface area contributed by atoms with Crippen molar-refractivity contribution in [2.45, 2.75) is 95.2 Å². The lowest BCUT2D eigenvalue weighted by molar-refractivity contribution is -0.143.